The fourth-order valence-corrected chi connectivity index (χ4v) is 2.26. The van der Waals surface area contributed by atoms with Gasteiger partial charge in [-0.2, -0.15) is 0 Å². The number of carbonyl (C=O) groups is 2. The zero-order valence-corrected chi connectivity index (χ0v) is 11.9. The predicted molar refractivity (Wildman–Crippen MR) is 75.2 cm³/mol. The Labute approximate surface area is 123 Å². The molecule has 1 saturated heterocycles. The Hall–Kier alpha value is -2.08. The summed E-state index contributed by atoms with van der Waals surface area (Å²) in [6.07, 6.45) is 0.465. The van der Waals surface area contributed by atoms with Gasteiger partial charge in [-0.3, -0.25) is 4.79 Å². The quantitative estimate of drug-likeness (QED) is 0.817. The fraction of sp³-hybridized carbons (Fsp3) is 0.467. The highest BCUT2D eigenvalue weighted by atomic mass is 16.5. The number of amides is 1. The summed E-state index contributed by atoms with van der Waals surface area (Å²) in [4.78, 5) is 22.6. The number of aliphatic carboxylic acids is 1. The van der Waals surface area contributed by atoms with Gasteiger partial charge in [-0.1, -0.05) is 12.1 Å². The van der Waals surface area contributed by atoms with Crippen molar-refractivity contribution in [2.45, 2.75) is 31.5 Å². The van der Waals surface area contributed by atoms with Crippen LogP contribution in [0.1, 0.15) is 18.4 Å². The summed E-state index contributed by atoms with van der Waals surface area (Å²) in [7, 11) is 1.59. The minimum absolute atomic E-state index is 0.109. The van der Waals surface area contributed by atoms with Crippen molar-refractivity contribution in [2.24, 2.45) is 0 Å². The molecule has 6 heteroatoms. The maximum absolute atomic E-state index is 11.8. The van der Waals surface area contributed by atoms with Crippen LogP contribution in [0.3, 0.4) is 0 Å². The zero-order chi connectivity index (χ0) is 15.2. The normalized spacial score (nSPS) is 21.0. The first-order chi connectivity index (χ1) is 10.1. The third-order valence-electron chi connectivity index (χ3n) is 3.43. The number of nitrogens with one attached hydrogen (secondary N) is 1. The van der Waals surface area contributed by atoms with E-state index < -0.39 is 12.1 Å². The molecule has 1 aromatic carbocycles. The van der Waals surface area contributed by atoms with Crippen molar-refractivity contribution < 1.29 is 24.2 Å². The average Bonchev–Trinajstić information content (AvgIpc) is 2.95. The smallest absolute Gasteiger partial charge is 0.332 e. The van der Waals surface area contributed by atoms with Crippen LogP contribution in [-0.4, -0.2) is 42.8 Å². The van der Waals surface area contributed by atoms with Gasteiger partial charge < -0.3 is 19.9 Å². The molecule has 0 bridgehead atoms. The first-order valence-electron chi connectivity index (χ1n) is 6.86. The Balaban J connectivity index is 1.73. The molecule has 0 aromatic heterocycles. The molecule has 0 aliphatic carbocycles. The molecule has 1 fully saturated rings. The molecule has 6 nitrogen and oxygen atoms in total. The molecule has 0 saturated carbocycles. The Morgan fingerprint density at radius 3 is 2.62 bits per heavy atom. The number of carboxylic acids is 1. The van der Waals surface area contributed by atoms with E-state index in [1.165, 1.54) is 0 Å². The van der Waals surface area contributed by atoms with Crippen molar-refractivity contribution in [3.8, 4) is 5.75 Å². The van der Waals surface area contributed by atoms with Gasteiger partial charge in [0.05, 0.1) is 19.6 Å². The van der Waals surface area contributed by atoms with Crippen molar-refractivity contribution in [1.29, 1.82) is 0 Å². The van der Waals surface area contributed by atoms with E-state index >= 15 is 0 Å². The average molecular weight is 293 g/mol. The molecule has 2 rings (SSSR count). The van der Waals surface area contributed by atoms with Crippen LogP contribution in [0.4, 0.5) is 0 Å². The molecular weight excluding hydrogens is 274 g/mol. The van der Waals surface area contributed by atoms with Crippen LogP contribution < -0.4 is 10.1 Å². The third-order valence-corrected chi connectivity index (χ3v) is 3.43. The van der Waals surface area contributed by atoms with Gasteiger partial charge in [0.15, 0.2) is 6.10 Å². The highest BCUT2D eigenvalue weighted by Crippen LogP contribution is 2.19. The molecule has 1 heterocycles. The summed E-state index contributed by atoms with van der Waals surface area (Å²) in [5.74, 6) is -0.303. The van der Waals surface area contributed by atoms with Crippen molar-refractivity contribution in [3.05, 3.63) is 29.8 Å². The lowest BCUT2D eigenvalue weighted by Crippen LogP contribution is -2.34. The Bertz CT molecular complexity index is 499. The number of methoxy groups -OCH3 is 1. The zero-order valence-electron chi connectivity index (χ0n) is 11.9. The van der Waals surface area contributed by atoms with Crippen LogP contribution in [-0.2, 0) is 20.7 Å². The van der Waals surface area contributed by atoms with E-state index in [0.29, 0.717) is 19.4 Å². The summed E-state index contributed by atoms with van der Waals surface area (Å²) in [6.45, 7) is 0.346. The van der Waals surface area contributed by atoms with Crippen LogP contribution in [0.25, 0.3) is 0 Å². The van der Waals surface area contributed by atoms with E-state index in [0.717, 1.165) is 11.3 Å². The van der Waals surface area contributed by atoms with Gasteiger partial charge in [0.2, 0.25) is 5.91 Å². The van der Waals surface area contributed by atoms with Crippen LogP contribution in [0.15, 0.2) is 24.3 Å². The van der Waals surface area contributed by atoms with E-state index in [-0.39, 0.29) is 18.4 Å². The molecule has 1 aliphatic rings. The first kappa shape index (κ1) is 15.3. The molecular formula is C15H19NO5. The topological polar surface area (TPSA) is 84.9 Å². The molecule has 0 radical (unpaired) electrons. The monoisotopic (exact) mass is 293 g/mol. The second-order valence-electron chi connectivity index (χ2n) is 4.99. The van der Waals surface area contributed by atoms with Gasteiger partial charge in [0.1, 0.15) is 5.75 Å². The van der Waals surface area contributed by atoms with Gasteiger partial charge in [-0.15, -0.1) is 0 Å². The van der Waals surface area contributed by atoms with Crippen molar-refractivity contribution >= 4 is 11.9 Å². The molecule has 2 unspecified atom stereocenters. The lowest BCUT2D eigenvalue weighted by molar-refractivity contribution is -0.149. The Morgan fingerprint density at radius 2 is 2.05 bits per heavy atom. The summed E-state index contributed by atoms with van der Waals surface area (Å²) in [6, 6.07) is 7.29. The van der Waals surface area contributed by atoms with Crippen LogP contribution in [0.5, 0.6) is 5.75 Å². The molecule has 114 valence electrons. The summed E-state index contributed by atoms with van der Waals surface area (Å²) in [5.41, 5.74) is 0.893. The Morgan fingerprint density at radius 1 is 1.33 bits per heavy atom. The first-order valence-corrected chi connectivity index (χ1v) is 6.86. The molecule has 2 atom stereocenters. The van der Waals surface area contributed by atoms with Gasteiger partial charge in [0, 0.05) is 6.54 Å². The number of hydrogen-bond donors (Lipinski definition) is 2. The molecule has 21 heavy (non-hydrogen) atoms. The fourth-order valence-electron chi connectivity index (χ4n) is 2.26. The highest BCUT2D eigenvalue weighted by molar-refractivity contribution is 5.78. The van der Waals surface area contributed by atoms with Crippen molar-refractivity contribution in [1.82, 2.24) is 5.32 Å². The molecule has 2 N–H and O–H groups in total. The summed E-state index contributed by atoms with van der Waals surface area (Å²) in [5, 5.41) is 11.6. The number of rotatable bonds is 6. The van der Waals surface area contributed by atoms with Crippen LogP contribution in [0.2, 0.25) is 0 Å². The van der Waals surface area contributed by atoms with Gasteiger partial charge >= 0.3 is 5.97 Å². The van der Waals surface area contributed by atoms with Crippen LogP contribution >= 0.6 is 0 Å². The maximum atomic E-state index is 11.8. The van der Waals surface area contributed by atoms with E-state index in [1.54, 1.807) is 19.2 Å². The van der Waals surface area contributed by atoms with E-state index in [2.05, 4.69) is 5.32 Å². The SMILES string of the molecule is COc1ccc(CC(=O)NCC2CCC(C(=O)O)O2)cc1. The van der Waals surface area contributed by atoms with Gasteiger partial charge in [-0.05, 0) is 30.5 Å². The molecule has 1 amide bonds. The second kappa shape index (κ2) is 7.08. The number of carbonyl (C=O) groups excluding carboxylic acids is 1. The van der Waals surface area contributed by atoms with Gasteiger partial charge in [0.25, 0.3) is 0 Å². The minimum Gasteiger partial charge on any atom is -0.497 e. The molecule has 0 spiro atoms. The lowest BCUT2D eigenvalue weighted by atomic mass is 10.1. The molecule has 1 aliphatic heterocycles. The summed E-state index contributed by atoms with van der Waals surface area (Å²) >= 11 is 0. The second-order valence-corrected chi connectivity index (χ2v) is 4.99. The number of ether oxygens (including phenoxy) is 2. The van der Waals surface area contributed by atoms with Crippen molar-refractivity contribution in [2.75, 3.05) is 13.7 Å². The largest absolute Gasteiger partial charge is 0.497 e. The number of carboxylic acid groups (broad SMARTS) is 1. The highest BCUT2D eigenvalue weighted by Gasteiger charge is 2.30. The summed E-state index contributed by atoms with van der Waals surface area (Å²) < 4.78 is 10.4. The predicted octanol–water partition coefficient (Wildman–Crippen LogP) is 0.986. The standard InChI is InChI=1S/C15H19NO5/c1-20-11-4-2-10(3-5-11)8-14(17)16-9-12-6-7-13(21-12)15(18)19/h2-5,12-13H,6-9H2,1H3,(H,16,17)(H,18,19). The van der Waals surface area contributed by atoms with E-state index in [9.17, 15) is 9.59 Å². The third kappa shape index (κ3) is 4.46. The van der Waals surface area contributed by atoms with Crippen LogP contribution in [0, 0.1) is 0 Å². The molecule has 1 aromatic rings. The van der Waals surface area contributed by atoms with Gasteiger partial charge in [-0.25, -0.2) is 4.79 Å². The van der Waals surface area contributed by atoms with E-state index in [1.807, 2.05) is 12.1 Å². The number of hydrogen-bond acceptors (Lipinski definition) is 4. The lowest BCUT2D eigenvalue weighted by Gasteiger charge is -2.12. The van der Waals surface area contributed by atoms with Crippen molar-refractivity contribution in [3.63, 3.8) is 0 Å². The minimum atomic E-state index is -0.943. The Kier molecular flexibility index (Phi) is 5.16. The number of benzene rings is 1. The van der Waals surface area contributed by atoms with E-state index in [4.69, 9.17) is 14.6 Å². The maximum Gasteiger partial charge on any atom is 0.332 e.